The molecular formula is C27H48O2. The Hall–Kier alpha value is -0.0800. The first kappa shape index (κ1) is 22.1. The topological polar surface area (TPSA) is 40.5 Å². The van der Waals surface area contributed by atoms with E-state index >= 15 is 0 Å². The summed E-state index contributed by atoms with van der Waals surface area (Å²) in [5.74, 6) is 4.80. The molecule has 2 heteroatoms. The smallest absolute Gasteiger partial charge is 0.0648 e. The van der Waals surface area contributed by atoms with Crippen LogP contribution < -0.4 is 0 Å². The highest BCUT2D eigenvalue weighted by Crippen LogP contribution is 2.69. The predicted molar refractivity (Wildman–Crippen MR) is 120 cm³/mol. The molecule has 4 aliphatic rings. The Kier molecular flexibility index (Phi) is 5.73. The van der Waals surface area contributed by atoms with Crippen molar-refractivity contribution in [3.05, 3.63) is 0 Å². The largest absolute Gasteiger partial charge is 0.393 e. The number of hydrogen-bond donors (Lipinski definition) is 2. The number of hydrogen-bond acceptors (Lipinski definition) is 2. The van der Waals surface area contributed by atoms with Gasteiger partial charge in [-0.2, -0.15) is 0 Å². The maximum Gasteiger partial charge on any atom is 0.0648 e. The van der Waals surface area contributed by atoms with E-state index in [1.807, 2.05) is 0 Å². The Bertz CT molecular complexity index is 601. The average Bonchev–Trinajstić information content (AvgIpc) is 3.04. The fraction of sp³-hybridized carbons (Fsp3) is 1.00. The molecule has 0 bridgehead atoms. The van der Waals surface area contributed by atoms with Crippen LogP contribution in [0.4, 0.5) is 0 Å². The summed E-state index contributed by atoms with van der Waals surface area (Å²) in [5, 5.41) is 21.8. The molecule has 4 fully saturated rings. The fourth-order valence-corrected chi connectivity index (χ4v) is 9.39. The van der Waals surface area contributed by atoms with Gasteiger partial charge in [-0.15, -0.1) is 0 Å². The molecule has 2 N–H and O–H groups in total. The van der Waals surface area contributed by atoms with Crippen molar-refractivity contribution in [3.8, 4) is 0 Å². The third-order valence-corrected chi connectivity index (χ3v) is 11.4. The van der Waals surface area contributed by atoms with Gasteiger partial charge in [0.1, 0.15) is 0 Å². The Morgan fingerprint density at radius 2 is 1.55 bits per heavy atom. The minimum Gasteiger partial charge on any atom is -0.393 e. The molecule has 168 valence electrons. The van der Waals surface area contributed by atoms with Gasteiger partial charge in [0.25, 0.3) is 0 Å². The van der Waals surface area contributed by atoms with Gasteiger partial charge in [-0.3, -0.25) is 0 Å². The van der Waals surface area contributed by atoms with Crippen LogP contribution in [0.5, 0.6) is 0 Å². The molecule has 0 radical (unpaired) electrons. The van der Waals surface area contributed by atoms with Crippen molar-refractivity contribution in [2.75, 3.05) is 0 Å². The lowest BCUT2D eigenvalue weighted by atomic mass is 9.43. The second-order valence-electron chi connectivity index (χ2n) is 12.8. The Morgan fingerprint density at radius 3 is 2.21 bits per heavy atom. The lowest BCUT2D eigenvalue weighted by Gasteiger charge is -2.62. The minimum atomic E-state index is -0.388. The number of aliphatic hydroxyl groups excluding tert-OH is 1. The van der Waals surface area contributed by atoms with Gasteiger partial charge in [0, 0.05) is 0 Å². The second-order valence-corrected chi connectivity index (χ2v) is 12.8. The van der Waals surface area contributed by atoms with E-state index in [1.165, 1.54) is 44.9 Å². The van der Waals surface area contributed by atoms with E-state index in [9.17, 15) is 10.2 Å². The molecule has 0 aromatic rings. The zero-order valence-electron chi connectivity index (χ0n) is 20.1. The zero-order chi connectivity index (χ0) is 21.2. The summed E-state index contributed by atoms with van der Waals surface area (Å²) >= 11 is 0. The molecule has 0 aromatic carbocycles. The first-order chi connectivity index (χ1) is 13.6. The molecule has 0 spiro atoms. The van der Waals surface area contributed by atoms with Crippen molar-refractivity contribution in [2.24, 2.45) is 52.3 Å². The highest BCUT2D eigenvalue weighted by atomic mass is 16.3. The summed E-state index contributed by atoms with van der Waals surface area (Å²) in [6.45, 7) is 14.1. The normalized spacial score (nSPS) is 51.8. The van der Waals surface area contributed by atoms with Crippen molar-refractivity contribution >= 4 is 0 Å². The summed E-state index contributed by atoms with van der Waals surface area (Å²) in [4.78, 5) is 0. The van der Waals surface area contributed by atoms with Crippen LogP contribution in [-0.2, 0) is 0 Å². The van der Waals surface area contributed by atoms with E-state index in [1.54, 1.807) is 0 Å². The summed E-state index contributed by atoms with van der Waals surface area (Å²) in [7, 11) is 0. The van der Waals surface area contributed by atoms with Crippen molar-refractivity contribution in [1.29, 1.82) is 0 Å². The molecule has 1 unspecified atom stereocenters. The van der Waals surface area contributed by atoms with Crippen molar-refractivity contribution < 1.29 is 10.2 Å². The van der Waals surface area contributed by atoms with E-state index in [2.05, 4.69) is 41.5 Å². The Balaban J connectivity index is 1.54. The van der Waals surface area contributed by atoms with Crippen molar-refractivity contribution in [1.82, 2.24) is 0 Å². The third-order valence-electron chi connectivity index (χ3n) is 11.4. The second kappa shape index (κ2) is 7.51. The fourth-order valence-electron chi connectivity index (χ4n) is 9.39. The molecule has 0 aliphatic heterocycles. The minimum absolute atomic E-state index is 0.161. The molecule has 0 amide bonds. The predicted octanol–water partition coefficient (Wildman–Crippen LogP) is 6.44. The van der Waals surface area contributed by atoms with Crippen LogP contribution in [0.15, 0.2) is 0 Å². The SMILES string of the molecule is CC[C@]1(O)CC[C@@]2(C)[C@@H](CC[C@@H]3[C@@H]2CC[C@]2(C)[C@@H]([C@H](C)C(O)C(C)C)CC[C@@H]32)C1. The van der Waals surface area contributed by atoms with Gasteiger partial charge in [-0.25, -0.2) is 0 Å². The van der Waals surface area contributed by atoms with Crippen LogP contribution in [0.3, 0.4) is 0 Å². The molecule has 0 heterocycles. The molecule has 0 aromatic heterocycles. The maximum atomic E-state index is 11.0. The van der Waals surface area contributed by atoms with E-state index in [0.717, 1.165) is 42.9 Å². The third kappa shape index (κ3) is 3.34. The van der Waals surface area contributed by atoms with Crippen LogP contribution in [0, 0.1) is 52.3 Å². The number of rotatable bonds is 4. The van der Waals surface area contributed by atoms with Crippen molar-refractivity contribution in [2.45, 2.75) is 117 Å². The van der Waals surface area contributed by atoms with E-state index < -0.39 is 0 Å². The Morgan fingerprint density at radius 1 is 0.862 bits per heavy atom. The first-order valence-electron chi connectivity index (χ1n) is 13.0. The zero-order valence-corrected chi connectivity index (χ0v) is 20.1. The van der Waals surface area contributed by atoms with Gasteiger partial charge in [-0.05, 0) is 116 Å². The number of aliphatic hydroxyl groups is 2. The summed E-state index contributed by atoms with van der Waals surface area (Å²) in [6.07, 6.45) is 12.2. The van der Waals surface area contributed by atoms with E-state index in [-0.39, 0.29) is 11.7 Å². The lowest BCUT2D eigenvalue weighted by molar-refractivity contribution is -0.154. The molecule has 4 saturated carbocycles. The molecular weight excluding hydrogens is 356 g/mol. The summed E-state index contributed by atoms with van der Waals surface area (Å²) in [5.41, 5.74) is 0.492. The molecule has 0 saturated heterocycles. The van der Waals surface area contributed by atoms with Gasteiger partial charge in [0.2, 0.25) is 0 Å². The summed E-state index contributed by atoms with van der Waals surface area (Å²) in [6, 6.07) is 0. The summed E-state index contributed by atoms with van der Waals surface area (Å²) < 4.78 is 0. The Labute approximate surface area is 180 Å². The highest BCUT2D eigenvalue weighted by molar-refractivity contribution is 5.11. The van der Waals surface area contributed by atoms with Crippen LogP contribution in [0.2, 0.25) is 0 Å². The van der Waals surface area contributed by atoms with Gasteiger partial charge in [-0.1, -0.05) is 41.5 Å². The first-order valence-corrected chi connectivity index (χ1v) is 13.0. The van der Waals surface area contributed by atoms with Crippen molar-refractivity contribution in [3.63, 3.8) is 0 Å². The monoisotopic (exact) mass is 404 g/mol. The van der Waals surface area contributed by atoms with E-state index in [4.69, 9.17) is 0 Å². The van der Waals surface area contributed by atoms with Gasteiger partial charge < -0.3 is 10.2 Å². The van der Waals surface area contributed by atoms with Gasteiger partial charge in [0.15, 0.2) is 0 Å². The molecule has 2 nitrogen and oxygen atoms in total. The van der Waals surface area contributed by atoms with Crippen LogP contribution in [-0.4, -0.2) is 21.9 Å². The van der Waals surface area contributed by atoms with Crippen LogP contribution in [0.1, 0.15) is 106 Å². The molecule has 4 rings (SSSR count). The molecule has 4 aliphatic carbocycles. The quantitative estimate of drug-likeness (QED) is 0.566. The van der Waals surface area contributed by atoms with Crippen LogP contribution >= 0.6 is 0 Å². The van der Waals surface area contributed by atoms with E-state index in [0.29, 0.717) is 28.6 Å². The number of fused-ring (bicyclic) bond motifs is 5. The van der Waals surface area contributed by atoms with Gasteiger partial charge in [0.05, 0.1) is 11.7 Å². The highest BCUT2D eigenvalue weighted by Gasteiger charge is 2.61. The molecule has 10 atom stereocenters. The van der Waals surface area contributed by atoms with Crippen LogP contribution in [0.25, 0.3) is 0 Å². The lowest BCUT2D eigenvalue weighted by Crippen LogP contribution is -2.56. The molecule has 29 heavy (non-hydrogen) atoms. The standard InChI is InChI=1S/C27H48O2/c1-7-27(29)15-14-25(5)19(16-27)8-9-20-22-11-10-21(18(4)24(28)17(2)3)26(22,6)13-12-23(20)25/h17-24,28-29H,7-16H2,1-6H3/t18-,19-,20-,21+,22-,23-,24?,25-,26+,27-/m0/s1. The maximum absolute atomic E-state index is 11.0. The van der Waals surface area contributed by atoms with Gasteiger partial charge >= 0.3 is 0 Å². The average molecular weight is 405 g/mol.